The van der Waals surface area contributed by atoms with Crippen molar-refractivity contribution in [2.75, 3.05) is 53.9 Å². The first kappa shape index (κ1) is 36.4. The van der Waals surface area contributed by atoms with Gasteiger partial charge in [-0.05, 0) is 92.0 Å². The highest BCUT2D eigenvalue weighted by Crippen LogP contribution is 2.66. The van der Waals surface area contributed by atoms with E-state index in [9.17, 15) is 31.2 Å². The molecule has 3 saturated carbocycles. The van der Waals surface area contributed by atoms with Crippen LogP contribution in [0.25, 0.3) is 22.2 Å². The number of alkyl halides is 3. The number of nitrogens with one attached hydrogen (secondary N) is 1. The third-order valence-corrected chi connectivity index (χ3v) is 14.6. The molecule has 8 rings (SSSR count). The van der Waals surface area contributed by atoms with Crippen molar-refractivity contribution in [3.63, 3.8) is 0 Å². The first-order chi connectivity index (χ1) is 25.1. The number of hydrogen-bond acceptors (Lipinski definition) is 6. The lowest BCUT2D eigenvalue weighted by molar-refractivity contribution is -0.146. The van der Waals surface area contributed by atoms with Crippen molar-refractivity contribution >= 4 is 32.9 Å². The van der Waals surface area contributed by atoms with E-state index in [1.54, 1.807) is 24.1 Å². The van der Waals surface area contributed by atoms with Crippen LogP contribution in [0, 0.1) is 16.2 Å². The number of rotatable bonds is 10. The van der Waals surface area contributed by atoms with E-state index in [1.165, 1.54) is 26.1 Å². The average molecular weight is 756 g/mol. The summed E-state index contributed by atoms with van der Waals surface area (Å²) in [5.41, 5.74) is 2.82. The van der Waals surface area contributed by atoms with Crippen molar-refractivity contribution in [3.8, 4) is 17.0 Å². The SMILES string of the molecule is COc1ccc(-c2c(C3CCCCC3)c3ccc(C(=O)NS(=O)(=O)N(C)C)cc3n2CC2(C(=O)N3CC45CCC4(CN(CC(F)(F)F)C5)C3)CC2)cc1. The summed E-state index contributed by atoms with van der Waals surface area (Å²) in [5, 5.41) is 0.981. The normalized spacial score (nSPS) is 25.7. The molecule has 2 aliphatic heterocycles. The molecular formula is C39H48F3N5O5S. The highest BCUT2D eigenvalue weighted by molar-refractivity contribution is 7.87. The number of carbonyl (C=O) groups is 2. The summed E-state index contributed by atoms with van der Waals surface area (Å²) >= 11 is 0. The predicted molar refractivity (Wildman–Crippen MR) is 195 cm³/mol. The van der Waals surface area contributed by atoms with Gasteiger partial charge in [0.2, 0.25) is 5.91 Å². The van der Waals surface area contributed by atoms with Gasteiger partial charge in [0.1, 0.15) is 5.75 Å². The molecule has 1 aromatic heterocycles. The molecule has 3 aliphatic carbocycles. The van der Waals surface area contributed by atoms with Gasteiger partial charge in [0.15, 0.2) is 0 Å². The Bertz CT molecular complexity index is 2030. The Morgan fingerprint density at radius 3 is 2.11 bits per heavy atom. The molecule has 5 aliphatic rings. The van der Waals surface area contributed by atoms with Gasteiger partial charge in [-0.15, -0.1) is 0 Å². The number of aromatic nitrogens is 1. The molecule has 3 heterocycles. The lowest BCUT2D eigenvalue weighted by Gasteiger charge is -2.48. The van der Waals surface area contributed by atoms with Crippen LogP contribution in [0.2, 0.25) is 0 Å². The molecule has 5 fully saturated rings. The van der Waals surface area contributed by atoms with Crippen LogP contribution < -0.4 is 9.46 Å². The first-order valence-corrected chi connectivity index (χ1v) is 20.2. The van der Waals surface area contributed by atoms with E-state index in [2.05, 4.69) is 9.29 Å². The number of hydrogen-bond donors (Lipinski definition) is 1. The van der Waals surface area contributed by atoms with E-state index >= 15 is 0 Å². The van der Waals surface area contributed by atoms with Crippen LogP contribution in [-0.4, -0.2) is 99.0 Å². The van der Waals surface area contributed by atoms with Crippen molar-refractivity contribution in [2.45, 2.75) is 76.4 Å². The van der Waals surface area contributed by atoms with Gasteiger partial charge in [-0.3, -0.25) is 14.5 Å². The lowest BCUT2D eigenvalue weighted by atomic mass is 9.53. The summed E-state index contributed by atoms with van der Waals surface area (Å²) in [6.45, 7) is 1.16. The zero-order chi connectivity index (χ0) is 37.6. The van der Waals surface area contributed by atoms with Crippen molar-refractivity contribution < 1.29 is 35.9 Å². The second kappa shape index (κ2) is 12.7. The maximum absolute atomic E-state index is 14.7. The van der Waals surface area contributed by atoms with Crippen LogP contribution in [0.1, 0.15) is 79.6 Å². The molecule has 286 valence electrons. The van der Waals surface area contributed by atoms with E-state index in [1.807, 2.05) is 35.2 Å². The molecule has 2 saturated heterocycles. The monoisotopic (exact) mass is 755 g/mol. The third kappa shape index (κ3) is 6.22. The Balaban J connectivity index is 1.19. The Hall–Kier alpha value is -3.62. The van der Waals surface area contributed by atoms with E-state index in [-0.39, 0.29) is 28.2 Å². The summed E-state index contributed by atoms with van der Waals surface area (Å²) in [6, 6.07) is 13.2. The number of carbonyl (C=O) groups excluding carboxylic acids is 2. The molecule has 0 spiro atoms. The van der Waals surface area contributed by atoms with Crippen LogP contribution >= 0.6 is 0 Å². The summed E-state index contributed by atoms with van der Waals surface area (Å²) in [5.74, 6) is 0.290. The van der Waals surface area contributed by atoms with Crippen LogP contribution in [0.15, 0.2) is 42.5 Å². The molecule has 53 heavy (non-hydrogen) atoms. The lowest BCUT2D eigenvalue weighted by Crippen LogP contribution is -2.49. The van der Waals surface area contributed by atoms with Gasteiger partial charge in [0.05, 0.1) is 24.8 Å². The van der Waals surface area contributed by atoms with E-state index < -0.39 is 34.3 Å². The van der Waals surface area contributed by atoms with Gasteiger partial charge in [-0.1, -0.05) is 25.3 Å². The standard InChI is InChI=1S/C39H48F3N5O5S/c1-44(2)53(50,51)43-34(48)28-11-14-30-31(19-28)47(33(27-9-12-29(52-3)13-10-27)32(30)26-7-5-4-6-8-26)20-36(15-16-36)35(49)46-23-37-17-18-38(37,24-46)22-45(21-37)25-39(40,41)42/h9-14,19,26H,4-8,15-18,20-25H2,1-3H3,(H,43,48). The molecule has 2 atom stereocenters. The largest absolute Gasteiger partial charge is 0.497 e. The average Bonchev–Trinajstić information content (AvgIpc) is 3.73. The van der Waals surface area contributed by atoms with Crippen LogP contribution in [-0.2, 0) is 21.5 Å². The van der Waals surface area contributed by atoms with Crippen molar-refractivity contribution in [1.29, 1.82) is 0 Å². The summed E-state index contributed by atoms with van der Waals surface area (Å²) < 4.78 is 76.1. The van der Waals surface area contributed by atoms with Gasteiger partial charge >= 0.3 is 16.4 Å². The molecule has 2 unspecified atom stereocenters. The zero-order valence-corrected chi connectivity index (χ0v) is 31.4. The summed E-state index contributed by atoms with van der Waals surface area (Å²) in [6.07, 6.45) is 4.18. The highest BCUT2D eigenvalue weighted by Gasteiger charge is 2.70. The molecule has 1 N–H and O–H groups in total. The molecule has 3 aromatic rings. The quantitative estimate of drug-likeness (QED) is 0.266. The predicted octanol–water partition coefficient (Wildman–Crippen LogP) is 6.17. The number of amides is 2. The van der Waals surface area contributed by atoms with Gasteiger partial charge in [0, 0.05) is 74.1 Å². The molecule has 0 radical (unpaired) electrons. The number of benzene rings is 2. The number of nitrogens with zero attached hydrogens (tertiary/aromatic N) is 4. The Morgan fingerprint density at radius 1 is 0.925 bits per heavy atom. The number of fused-ring (bicyclic) bond motifs is 1. The molecular weight excluding hydrogens is 708 g/mol. The minimum absolute atomic E-state index is 0.0580. The number of halogens is 3. The summed E-state index contributed by atoms with van der Waals surface area (Å²) in [7, 11) is 0.289. The Kier molecular flexibility index (Phi) is 8.73. The minimum atomic E-state index is -4.25. The van der Waals surface area contributed by atoms with E-state index in [0.717, 1.165) is 65.0 Å². The Morgan fingerprint density at radius 2 is 1.57 bits per heavy atom. The fraction of sp³-hybridized carbons (Fsp3) is 0.590. The van der Waals surface area contributed by atoms with E-state index in [0.29, 0.717) is 51.3 Å². The van der Waals surface area contributed by atoms with Crippen LogP contribution in [0.5, 0.6) is 5.75 Å². The first-order valence-electron chi connectivity index (χ1n) is 18.7. The van der Waals surface area contributed by atoms with Crippen molar-refractivity contribution in [2.24, 2.45) is 16.2 Å². The molecule has 14 heteroatoms. The second-order valence-electron chi connectivity index (χ2n) is 16.6. The number of methoxy groups -OCH3 is 1. The maximum atomic E-state index is 14.7. The van der Waals surface area contributed by atoms with E-state index in [4.69, 9.17) is 4.74 Å². The molecule has 0 bridgehead atoms. The molecule has 2 aromatic carbocycles. The molecule has 10 nitrogen and oxygen atoms in total. The highest BCUT2D eigenvalue weighted by atomic mass is 32.2. The number of likely N-dealkylation sites (tertiary alicyclic amines) is 2. The van der Waals surface area contributed by atoms with Crippen LogP contribution in [0.3, 0.4) is 0 Å². The zero-order valence-electron chi connectivity index (χ0n) is 30.6. The topological polar surface area (TPSA) is 104 Å². The fourth-order valence-corrected chi connectivity index (χ4v) is 10.7. The Labute approximate surface area is 308 Å². The molecule has 2 amide bonds. The second-order valence-corrected chi connectivity index (χ2v) is 18.5. The fourth-order valence-electron chi connectivity index (χ4n) is 10.2. The third-order valence-electron chi connectivity index (χ3n) is 13.2. The number of ether oxygens (including phenoxy) is 1. The summed E-state index contributed by atoms with van der Waals surface area (Å²) in [4.78, 5) is 31.7. The van der Waals surface area contributed by atoms with Crippen molar-refractivity contribution in [3.05, 3.63) is 53.6 Å². The van der Waals surface area contributed by atoms with Gasteiger partial charge in [0.25, 0.3) is 5.91 Å². The smallest absolute Gasteiger partial charge is 0.401 e. The van der Waals surface area contributed by atoms with Gasteiger partial charge in [-0.25, -0.2) is 4.72 Å². The maximum Gasteiger partial charge on any atom is 0.401 e. The minimum Gasteiger partial charge on any atom is -0.497 e. The van der Waals surface area contributed by atoms with Gasteiger partial charge in [-0.2, -0.15) is 25.9 Å². The van der Waals surface area contributed by atoms with Crippen molar-refractivity contribution in [1.82, 2.24) is 23.4 Å². The van der Waals surface area contributed by atoms with Crippen LogP contribution in [0.4, 0.5) is 13.2 Å². The van der Waals surface area contributed by atoms with Gasteiger partial charge < -0.3 is 14.2 Å².